The van der Waals surface area contributed by atoms with Crippen molar-refractivity contribution in [2.75, 3.05) is 5.32 Å². The average molecular weight is 351 g/mol. The Hall–Kier alpha value is -2.50. The van der Waals surface area contributed by atoms with Gasteiger partial charge in [0.1, 0.15) is 5.75 Å². The molecule has 0 radical (unpaired) electrons. The highest BCUT2D eigenvalue weighted by atomic mass is 19.4. The molecular formula is C19H20F3NO2. The lowest BCUT2D eigenvalue weighted by Gasteiger charge is -2.18. The van der Waals surface area contributed by atoms with Gasteiger partial charge in [-0.1, -0.05) is 12.1 Å². The first-order valence-electron chi connectivity index (χ1n) is 7.80. The van der Waals surface area contributed by atoms with E-state index in [9.17, 15) is 18.0 Å². The highest BCUT2D eigenvalue weighted by Crippen LogP contribution is 2.31. The van der Waals surface area contributed by atoms with Gasteiger partial charge in [0.2, 0.25) is 0 Å². The number of hydrogen-bond donors (Lipinski definition) is 1. The van der Waals surface area contributed by atoms with E-state index in [1.54, 1.807) is 6.92 Å². The van der Waals surface area contributed by atoms with E-state index in [0.29, 0.717) is 5.75 Å². The normalized spacial score (nSPS) is 12.6. The van der Waals surface area contributed by atoms with Crippen molar-refractivity contribution in [2.45, 2.75) is 40.0 Å². The second-order valence-corrected chi connectivity index (χ2v) is 6.03. The molecule has 1 atom stereocenters. The number of nitrogens with one attached hydrogen (secondary N) is 1. The number of rotatable bonds is 4. The Morgan fingerprint density at radius 1 is 1.12 bits per heavy atom. The third-order valence-electron chi connectivity index (χ3n) is 3.89. The number of carbonyl (C=O) groups excluding carboxylic acids is 1. The van der Waals surface area contributed by atoms with Gasteiger partial charge in [0.25, 0.3) is 5.91 Å². The predicted molar refractivity (Wildman–Crippen MR) is 90.8 cm³/mol. The molecule has 134 valence electrons. The first-order valence-corrected chi connectivity index (χ1v) is 7.80. The van der Waals surface area contributed by atoms with Crippen LogP contribution < -0.4 is 10.1 Å². The minimum atomic E-state index is -4.46. The summed E-state index contributed by atoms with van der Waals surface area (Å²) in [7, 11) is 0. The molecule has 1 N–H and O–H groups in total. The van der Waals surface area contributed by atoms with Crippen molar-refractivity contribution >= 4 is 11.6 Å². The summed E-state index contributed by atoms with van der Waals surface area (Å²) in [5.41, 5.74) is 2.23. The van der Waals surface area contributed by atoms with E-state index in [0.717, 1.165) is 28.8 Å². The van der Waals surface area contributed by atoms with Gasteiger partial charge in [0.05, 0.1) is 5.56 Å². The Bertz CT molecular complexity index is 785. The molecule has 2 rings (SSSR count). The van der Waals surface area contributed by atoms with Crippen LogP contribution in [0.5, 0.6) is 5.75 Å². The number of carbonyl (C=O) groups is 1. The molecule has 2 aromatic rings. The maximum Gasteiger partial charge on any atom is 0.416 e. The van der Waals surface area contributed by atoms with Crippen molar-refractivity contribution in [1.82, 2.24) is 0 Å². The lowest BCUT2D eigenvalue weighted by Crippen LogP contribution is -2.30. The molecule has 0 spiro atoms. The highest BCUT2D eigenvalue weighted by Gasteiger charge is 2.30. The summed E-state index contributed by atoms with van der Waals surface area (Å²) in [5.74, 6) is 0.0714. The first kappa shape index (κ1) is 18.8. The molecule has 0 aliphatic rings. The van der Waals surface area contributed by atoms with Gasteiger partial charge in [-0.15, -0.1) is 0 Å². The van der Waals surface area contributed by atoms with Crippen LogP contribution in [0.2, 0.25) is 0 Å². The van der Waals surface area contributed by atoms with E-state index in [1.165, 1.54) is 12.1 Å². The fourth-order valence-electron chi connectivity index (χ4n) is 2.38. The van der Waals surface area contributed by atoms with Crippen LogP contribution in [0.25, 0.3) is 0 Å². The van der Waals surface area contributed by atoms with Crippen LogP contribution in [-0.2, 0) is 11.0 Å². The van der Waals surface area contributed by atoms with Gasteiger partial charge >= 0.3 is 6.18 Å². The molecule has 0 aliphatic heterocycles. The van der Waals surface area contributed by atoms with Crippen molar-refractivity contribution < 1.29 is 22.7 Å². The molecule has 25 heavy (non-hydrogen) atoms. The van der Waals surface area contributed by atoms with Crippen molar-refractivity contribution in [3.8, 4) is 5.75 Å². The number of amides is 1. The average Bonchev–Trinajstić information content (AvgIpc) is 2.51. The van der Waals surface area contributed by atoms with Gasteiger partial charge in [0.15, 0.2) is 6.10 Å². The topological polar surface area (TPSA) is 38.3 Å². The van der Waals surface area contributed by atoms with E-state index in [4.69, 9.17) is 4.74 Å². The second-order valence-electron chi connectivity index (χ2n) is 6.03. The fourth-order valence-corrected chi connectivity index (χ4v) is 2.38. The third kappa shape index (κ3) is 4.75. The van der Waals surface area contributed by atoms with Crippen molar-refractivity contribution in [3.63, 3.8) is 0 Å². The largest absolute Gasteiger partial charge is 0.481 e. The number of benzene rings is 2. The summed E-state index contributed by atoms with van der Waals surface area (Å²) in [6.07, 6.45) is -5.31. The summed E-state index contributed by atoms with van der Waals surface area (Å²) in [6, 6.07) is 8.34. The summed E-state index contributed by atoms with van der Waals surface area (Å²) in [5, 5.41) is 2.46. The molecule has 0 saturated carbocycles. The number of ether oxygens (including phenoxy) is 1. The van der Waals surface area contributed by atoms with Gasteiger partial charge in [-0.2, -0.15) is 13.2 Å². The molecule has 1 amide bonds. The molecular weight excluding hydrogens is 331 g/mol. The van der Waals surface area contributed by atoms with Gasteiger partial charge in [-0.05, 0) is 68.7 Å². The Labute approximate surface area is 144 Å². The minimum Gasteiger partial charge on any atom is -0.481 e. The fraction of sp³-hybridized carbons (Fsp3) is 0.316. The van der Waals surface area contributed by atoms with E-state index in [2.05, 4.69) is 5.32 Å². The number of alkyl halides is 3. The number of anilines is 1. The van der Waals surface area contributed by atoms with Crippen molar-refractivity contribution in [1.29, 1.82) is 0 Å². The lowest BCUT2D eigenvalue weighted by atomic mass is 10.1. The number of halogens is 3. The van der Waals surface area contributed by atoms with Crippen LogP contribution >= 0.6 is 0 Å². The Balaban J connectivity index is 2.11. The summed E-state index contributed by atoms with van der Waals surface area (Å²) in [6.45, 7) is 7.32. The molecule has 0 saturated heterocycles. The minimum absolute atomic E-state index is 0.0763. The van der Waals surface area contributed by atoms with Gasteiger partial charge in [0, 0.05) is 5.69 Å². The second kappa shape index (κ2) is 7.17. The SMILES string of the molecule is Cc1cc(C)c(C)c(OC(C)C(=O)Nc2cccc(C(F)(F)F)c2)c1. The summed E-state index contributed by atoms with van der Waals surface area (Å²) in [4.78, 5) is 12.2. The monoisotopic (exact) mass is 351 g/mol. The van der Waals surface area contributed by atoms with E-state index in [1.807, 2.05) is 32.9 Å². The van der Waals surface area contributed by atoms with Crippen molar-refractivity contribution in [2.24, 2.45) is 0 Å². The quantitative estimate of drug-likeness (QED) is 0.838. The lowest BCUT2D eigenvalue weighted by molar-refractivity contribution is -0.137. The zero-order valence-electron chi connectivity index (χ0n) is 14.5. The van der Waals surface area contributed by atoms with E-state index < -0.39 is 23.8 Å². The molecule has 3 nitrogen and oxygen atoms in total. The molecule has 0 heterocycles. The van der Waals surface area contributed by atoms with Gasteiger partial charge < -0.3 is 10.1 Å². The predicted octanol–water partition coefficient (Wildman–Crippen LogP) is 5.04. The first-order chi connectivity index (χ1) is 11.6. The van der Waals surface area contributed by atoms with E-state index >= 15 is 0 Å². The highest BCUT2D eigenvalue weighted by molar-refractivity contribution is 5.94. The van der Waals surface area contributed by atoms with Gasteiger partial charge in [-0.25, -0.2) is 0 Å². The molecule has 0 bridgehead atoms. The zero-order valence-corrected chi connectivity index (χ0v) is 14.5. The summed E-state index contributed by atoms with van der Waals surface area (Å²) >= 11 is 0. The van der Waals surface area contributed by atoms with E-state index in [-0.39, 0.29) is 5.69 Å². The molecule has 1 unspecified atom stereocenters. The third-order valence-corrected chi connectivity index (χ3v) is 3.89. The molecule has 0 fully saturated rings. The molecule has 6 heteroatoms. The standard InChI is InChI=1S/C19H20F3NO2/c1-11-8-12(2)13(3)17(9-11)25-14(4)18(24)23-16-7-5-6-15(10-16)19(20,21)22/h5-10,14H,1-4H3,(H,23,24). The smallest absolute Gasteiger partial charge is 0.416 e. The molecule has 0 aliphatic carbocycles. The van der Waals surface area contributed by atoms with Gasteiger partial charge in [-0.3, -0.25) is 4.79 Å². The van der Waals surface area contributed by atoms with Crippen molar-refractivity contribution in [3.05, 3.63) is 58.7 Å². The Morgan fingerprint density at radius 3 is 2.44 bits per heavy atom. The van der Waals surface area contributed by atoms with Crippen LogP contribution in [0.3, 0.4) is 0 Å². The number of aryl methyl sites for hydroxylation is 2. The van der Waals surface area contributed by atoms with Crippen LogP contribution in [0, 0.1) is 20.8 Å². The maximum atomic E-state index is 12.7. The Kier molecular flexibility index (Phi) is 5.40. The van der Waals surface area contributed by atoms with Crippen LogP contribution in [0.15, 0.2) is 36.4 Å². The molecule has 0 aromatic heterocycles. The molecule has 2 aromatic carbocycles. The maximum absolute atomic E-state index is 12.7. The number of hydrogen-bond acceptors (Lipinski definition) is 2. The zero-order chi connectivity index (χ0) is 18.8. The Morgan fingerprint density at radius 2 is 1.80 bits per heavy atom. The van der Waals surface area contributed by atoms with Crippen LogP contribution in [0.4, 0.5) is 18.9 Å². The van der Waals surface area contributed by atoms with Crippen LogP contribution in [-0.4, -0.2) is 12.0 Å². The summed E-state index contributed by atoms with van der Waals surface area (Å²) < 4.78 is 43.9. The van der Waals surface area contributed by atoms with Crippen LogP contribution in [0.1, 0.15) is 29.2 Å².